The summed E-state index contributed by atoms with van der Waals surface area (Å²) in [6.07, 6.45) is 1.52. The quantitative estimate of drug-likeness (QED) is 0.677. The van der Waals surface area contributed by atoms with Crippen LogP contribution in [0.25, 0.3) is 0 Å². The highest BCUT2D eigenvalue weighted by Crippen LogP contribution is 2.32. The fourth-order valence-corrected chi connectivity index (χ4v) is 1.55. The topological polar surface area (TPSA) is 101 Å². The van der Waals surface area contributed by atoms with E-state index in [2.05, 4.69) is 10.3 Å². The number of hydrogen-bond acceptors (Lipinski definition) is 6. The molecule has 0 aliphatic rings. The number of rotatable bonds is 4. The van der Waals surface area contributed by atoms with Crippen LogP contribution in [-0.2, 0) is 0 Å². The van der Waals surface area contributed by atoms with Gasteiger partial charge in [-0.15, -0.1) is 0 Å². The molecule has 7 nitrogen and oxygen atoms in total. The molecule has 1 aromatic carbocycles. The number of aromatic nitrogens is 1. The Morgan fingerprint density at radius 2 is 2.20 bits per heavy atom. The first-order valence-corrected chi connectivity index (χ1v) is 5.64. The molecule has 0 unspecified atom stereocenters. The summed E-state index contributed by atoms with van der Waals surface area (Å²) in [4.78, 5) is 14.4. The SMILES string of the molecule is CNc1cc(Oc2ccc(C#N)cc2[N+](=O)[O-])ccn1. The Bertz CT molecular complexity index is 694. The van der Waals surface area contributed by atoms with Gasteiger partial charge in [0.2, 0.25) is 5.75 Å². The molecule has 2 aromatic rings. The lowest BCUT2D eigenvalue weighted by atomic mass is 10.2. The second-order valence-electron chi connectivity index (χ2n) is 3.78. The molecule has 100 valence electrons. The molecule has 0 bridgehead atoms. The van der Waals surface area contributed by atoms with E-state index in [0.717, 1.165) is 0 Å². The average molecular weight is 270 g/mol. The third-order valence-corrected chi connectivity index (χ3v) is 2.50. The molecule has 20 heavy (non-hydrogen) atoms. The van der Waals surface area contributed by atoms with Crippen LogP contribution in [0.15, 0.2) is 36.5 Å². The van der Waals surface area contributed by atoms with Crippen LogP contribution in [0.4, 0.5) is 11.5 Å². The van der Waals surface area contributed by atoms with Gasteiger partial charge in [-0.2, -0.15) is 5.26 Å². The second kappa shape index (κ2) is 5.67. The number of benzene rings is 1. The van der Waals surface area contributed by atoms with Gasteiger partial charge in [0.05, 0.1) is 16.6 Å². The number of nitro benzene ring substituents is 1. The summed E-state index contributed by atoms with van der Waals surface area (Å²) < 4.78 is 5.48. The Balaban J connectivity index is 2.37. The van der Waals surface area contributed by atoms with Crippen LogP contribution < -0.4 is 10.1 Å². The predicted octanol–water partition coefficient (Wildman–Crippen LogP) is 2.70. The maximum atomic E-state index is 11.0. The lowest BCUT2D eigenvalue weighted by Gasteiger charge is -2.07. The minimum absolute atomic E-state index is 0.0715. The zero-order valence-corrected chi connectivity index (χ0v) is 10.5. The van der Waals surface area contributed by atoms with Gasteiger partial charge in [-0.1, -0.05) is 0 Å². The summed E-state index contributed by atoms with van der Waals surface area (Å²) in [5.41, 5.74) is -0.0541. The fraction of sp³-hybridized carbons (Fsp3) is 0.0769. The van der Waals surface area contributed by atoms with E-state index in [1.54, 1.807) is 19.2 Å². The molecule has 0 fully saturated rings. The van der Waals surface area contributed by atoms with Gasteiger partial charge in [-0.3, -0.25) is 10.1 Å². The minimum Gasteiger partial charge on any atom is -0.450 e. The highest BCUT2D eigenvalue weighted by Gasteiger charge is 2.17. The van der Waals surface area contributed by atoms with Crippen LogP contribution in [0, 0.1) is 21.4 Å². The Labute approximate surface area is 114 Å². The van der Waals surface area contributed by atoms with E-state index in [-0.39, 0.29) is 17.0 Å². The van der Waals surface area contributed by atoms with Crippen molar-refractivity contribution in [3.63, 3.8) is 0 Å². The smallest absolute Gasteiger partial charge is 0.312 e. The van der Waals surface area contributed by atoms with E-state index in [0.29, 0.717) is 11.6 Å². The fourth-order valence-electron chi connectivity index (χ4n) is 1.55. The Morgan fingerprint density at radius 1 is 1.40 bits per heavy atom. The number of nitrogens with zero attached hydrogens (tertiary/aromatic N) is 3. The normalized spacial score (nSPS) is 9.60. The van der Waals surface area contributed by atoms with Crippen molar-refractivity contribution in [3.8, 4) is 17.6 Å². The van der Waals surface area contributed by atoms with Crippen molar-refractivity contribution in [1.82, 2.24) is 4.98 Å². The van der Waals surface area contributed by atoms with Crippen LogP contribution in [0.5, 0.6) is 11.5 Å². The highest BCUT2D eigenvalue weighted by atomic mass is 16.6. The third kappa shape index (κ3) is 2.81. The lowest BCUT2D eigenvalue weighted by molar-refractivity contribution is -0.385. The molecular formula is C13H10N4O3. The van der Waals surface area contributed by atoms with Gasteiger partial charge >= 0.3 is 5.69 Å². The average Bonchev–Trinajstić information content (AvgIpc) is 2.47. The first kappa shape index (κ1) is 13.3. The third-order valence-electron chi connectivity index (χ3n) is 2.50. The van der Waals surface area contributed by atoms with Gasteiger partial charge < -0.3 is 10.1 Å². The summed E-state index contributed by atoms with van der Waals surface area (Å²) in [6, 6.07) is 9.09. The molecule has 1 N–H and O–H groups in total. The van der Waals surface area contributed by atoms with Gasteiger partial charge in [-0.05, 0) is 18.2 Å². The molecule has 0 aliphatic heterocycles. The van der Waals surface area contributed by atoms with E-state index < -0.39 is 4.92 Å². The van der Waals surface area contributed by atoms with Gasteiger partial charge in [0.1, 0.15) is 11.6 Å². The maximum absolute atomic E-state index is 11.0. The van der Waals surface area contributed by atoms with Gasteiger partial charge in [0, 0.05) is 25.4 Å². The van der Waals surface area contributed by atoms with Crippen LogP contribution >= 0.6 is 0 Å². The van der Waals surface area contributed by atoms with Crippen molar-refractivity contribution >= 4 is 11.5 Å². The molecule has 0 aliphatic carbocycles. The second-order valence-corrected chi connectivity index (χ2v) is 3.78. The molecule has 0 saturated carbocycles. The summed E-state index contributed by atoms with van der Waals surface area (Å²) >= 11 is 0. The molecule has 0 spiro atoms. The lowest BCUT2D eigenvalue weighted by Crippen LogP contribution is -1.96. The standard InChI is InChI=1S/C13H10N4O3/c1-15-13-7-10(4-5-16-13)20-12-3-2-9(8-14)6-11(12)17(18)19/h2-7H,1H3,(H,15,16). The van der Waals surface area contributed by atoms with Crippen molar-refractivity contribution in [2.45, 2.75) is 0 Å². The Morgan fingerprint density at radius 3 is 2.85 bits per heavy atom. The number of hydrogen-bond donors (Lipinski definition) is 1. The number of nitro groups is 1. The number of anilines is 1. The molecule has 0 amide bonds. The summed E-state index contributed by atoms with van der Waals surface area (Å²) in [5, 5.41) is 22.6. The van der Waals surface area contributed by atoms with E-state index >= 15 is 0 Å². The van der Waals surface area contributed by atoms with Crippen LogP contribution in [-0.4, -0.2) is 17.0 Å². The van der Waals surface area contributed by atoms with Crippen LogP contribution in [0.3, 0.4) is 0 Å². The molecule has 7 heteroatoms. The number of pyridine rings is 1. The van der Waals surface area contributed by atoms with Crippen molar-refractivity contribution in [3.05, 3.63) is 52.2 Å². The van der Waals surface area contributed by atoms with E-state index in [1.165, 1.54) is 24.4 Å². The van der Waals surface area contributed by atoms with Gasteiger partial charge in [0.15, 0.2) is 0 Å². The van der Waals surface area contributed by atoms with E-state index in [1.807, 2.05) is 6.07 Å². The Kier molecular flexibility index (Phi) is 3.77. The summed E-state index contributed by atoms with van der Waals surface area (Å²) in [7, 11) is 1.70. The minimum atomic E-state index is -0.587. The number of ether oxygens (including phenoxy) is 1. The number of nitrogens with one attached hydrogen (secondary N) is 1. The van der Waals surface area contributed by atoms with Gasteiger partial charge in [0.25, 0.3) is 0 Å². The van der Waals surface area contributed by atoms with Crippen LogP contribution in [0.1, 0.15) is 5.56 Å². The van der Waals surface area contributed by atoms with Crippen molar-refractivity contribution in [1.29, 1.82) is 5.26 Å². The monoisotopic (exact) mass is 270 g/mol. The largest absolute Gasteiger partial charge is 0.450 e. The van der Waals surface area contributed by atoms with Gasteiger partial charge in [-0.25, -0.2) is 4.98 Å². The highest BCUT2D eigenvalue weighted by molar-refractivity contribution is 5.53. The van der Waals surface area contributed by atoms with E-state index in [4.69, 9.17) is 10.00 Å². The zero-order chi connectivity index (χ0) is 14.5. The molecule has 1 heterocycles. The number of nitriles is 1. The predicted molar refractivity (Wildman–Crippen MR) is 71.7 cm³/mol. The molecule has 0 saturated heterocycles. The molecule has 0 atom stereocenters. The molecule has 2 rings (SSSR count). The Hall–Kier alpha value is -3.14. The molecular weight excluding hydrogens is 260 g/mol. The molecule has 0 radical (unpaired) electrons. The first-order valence-electron chi connectivity index (χ1n) is 5.64. The van der Waals surface area contributed by atoms with Crippen LogP contribution in [0.2, 0.25) is 0 Å². The first-order chi connectivity index (χ1) is 9.63. The van der Waals surface area contributed by atoms with Crippen molar-refractivity contribution in [2.24, 2.45) is 0 Å². The zero-order valence-electron chi connectivity index (χ0n) is 10.5. The van der Waals surface area contributed by atoms with E-state index in [9.17, 15) is 10.1 Å². The maximum Gasteiger partial charge on any atom is 0.312 e. The summed E-state index contributed by atoms with van der Waals surface area (Å²) in [6.45, 7) is 0. The van der Waals surface area contributed by atoms with Crippen molar-refractivity contribution in [2.75, 3.05) is 12.4 Å². The van der Waals surface area contributed by atoms with Crippen molar-refractivity contribution < 1.29 is 9.66 Å². The molecule has 1 aromatic heterocycles. The summed E-state index contributed by atoms with van der Waals surface area (Å²) in [5.74, 6) is 1.07.